The first-order valence-electron chi connectivity index (χ1n) is 6.47. The number of rotatable bonds is 6. The largest absolute Gasteiger partial charge is 0.361 e. The van der Waals surface area contributed by atoms with Gasteiger partial charge in [0.15, 0.2) is 0 Å². The van der Waals surface area contributed by atoms with Gasteiger partial charge in [-0.15, -0.1) is 0 Å². The lowest BCUT2D eigenvalue weighted by Gasteiger charge is -2.13. The van der Waals surface area contributed by atoms with Crippen LogP contribution in [0.15, 0.2) is 14.2 Å². The van der Waals surface area contributed by atoms with E-state index in [9.17, 15) is 9.59 Å². The number of ether oxygens (including phenoxy) is 1. The third-order valence-corrected chi connectivity index (χ3v) is 5.36. The van der Waals surface area contributed by atoms with Gasteiger partial charge in [-0.25, -0.2) is 9.36 Å². The van der Waals surface area contributed by atoms with Crippen LogP contribution < -0.4 is 11.2 Å². The number of halogens is 1. The Morgan fingerprint density at radius 3 is 2.42 bits per heavy atom. The van der Waals surface area contributed by atoms with Crippen molar-refractivity contribution >= 4 is 24.7 Å². The van der Waals surface area contributed by atoms with E-state index in [0.717, 1.165) is 10.6 Å². The van der Waals surface area contributed by atoms with Gasteiger partial charge in [0, 0.05) is 27.5 Å². The summed E-state index contributed by atoms with van der Waals surface area (Å²) in [6.07, 6.45) is 0. The van der Waals surface area contributed by atoms with E-state index >= 15 is 0 Å². The van der Waals surface area contributed by atoms with Crippen molar-refractivity contribution in [2.24, 2.45) is 0 Å². The van der Waals surface area contributed by atoms with Gasteiger partial charge in [-0.2, -0.15) is 0 Å². The predicted molar refractivity (Wildman–Crippen MR) is 82.7 cm³/mol. The maximum atomic E-state index is 12.1. The molecule has 19 heavy (non-hydrogen) atoms. The molecule has 0 radical (unpaired) electrons. The standard InChI is InChI=1S/C12H21BrN2O3Si/c1-5-14-10(13)9(2)11(16)15(12(14)17)8-18-6-7-19(3)4/h19H,5-8H2,1-4H3. The van der Waals surface area contributed by atoms with Gasteiger partial charge in [-0.3, -0.25) is 9.36 Å². The SMILES string of the molecule is CCn1c(Br)c(C)c(=O)n(COCC[SiH](C)C)c1=O. The van der Waals surface area contributed by atoms with Crippen LogP contribution in [-0.2, 0) is 18.0 Å². The molecule has 1 rings (SSSR count). The highest BCUT2D eigenvalue weighted by Gasteiger charge is 2.13. The molecule has 0 bridgehead atoms. The van der Waals surface area contributed by atoms with Gasteiger partial charge in [0.05, 0.1) is 4.60 Å². The van der Waals surface area contributed by atoms with Crippen molar-refractivity contribution in [2.75, 3.05) is 6.61 Å². The maximum Gasteiger partial charge on any atom is 0.333 e. The molecule has 1 aromatic rings. The zero-order chi connectivity index (χ0) is 14.6. The third-order valence-electron chi connectivity index (χ3n) is 2.95. The summed E-state index contributed by atoms with van der Waals surface area (Å²) >= 11 is 3.29. The molecule has 0 amide bonds. The first kappa shape index (κ1) is 16.4. The summed E-state index contributed by atoms with van der Waals surface area (Å²) in [6.45, 7) is 9.21. The highest BCUT2D eigenvalue weighted by Crippen LogP contribution is 2.09. The highest BCUT2D eigenvalue weighted by molar-refractivity contribution is 9.10. The second kappa shape index (κ2) is 7.21. The predicted octanol–water partition coefficient (Wildman–Crippen LogP) is 1.56. The average molecular weight is 349 g/mol. The Hall–Kier alpha value is -0.663. The van der Waals surface area contributed by atoms with Crippen LogP contribution in [0.2, 0.25) is 19.1 Å². The molecule has 0 aliphatic heterocycles. The zero-order valence-electron chi connectivity index (χ0n) is 11.9. The van der Waals surface area contributed by atoms with E-state index in [1.807, 2.05) is 6.92 Å². The van der Waals surface area contributed by atoms with Crippen LogP contribution in [0.3, 0.4) is 0 Å². The van der Waals surface area contributed by atoms with Crippen molar-refractivity contribution in [2.45, 2.75) is 46.3 Å². The number of hydrogen-bond acceptors (Lipinski definition) is 3. The van der Waals surface area contributed by atoms with Gasteiger partial charge in [0.1, 0.15) is 6.73 Å². The summed E-state index contributed by atoms with van der Waals surface area (Å²) < 4.78 is 8.69. The summed E-state index contributed by atoms with van der Waals surface area (Å²) in [6, 6.07) is 1.05. The molecule has 7 heteroatoms. The van der Waals surface area contributed by atoms with Crippen LogP contribution in [0.1, 0.15) is 12.5 Å². The first-order valence-corrected chi connectivity index (χ1v) is 10.4. The van der Waals surface area contributed by atoms with Crippen LogP contribution in [0.5, 0.6) is 0 Å². The van der Waals surface area contributed by atoms with Crippen LogP contribution in [0.4, 0.5) is 0 Å². The average Bonchev–Trinajstić information content (AvgIpc) is 2.35. The van der Waals surface area contributed by atoms with Gasteiger partial charge in [-0.05, 0) is 35.8 Å². The van der Waals surface area contributed by atoms with E-state index in [0.29, 0.717) is 23.3 Å². The van der Waals surface area contributed by atoms with Crippen molar-refractivity contribution in [3.05, 3.63) is 31.0 Å². The summed E-state index contributed by atoms with van der Waals surface area (Å²) in [4.78, 5) is 24.2. The molecule has 0 N–H and O–H groups in total. The molecule has 0 aliphatic carbocycles. The van der Waals surface area contributed by atoms with Gasteiger partial charge in [0.25, 0.3) is 5.56 Å². The second-order valence-electron chi connectivity index (χ2n) is 4.90. The Labute approximate surface area is 122 Å². The molecule has 0 spiro atoms. The van der Waals surface area contributed by atoms with Crippen LogP contribution >= 0.6 is 15.9 Å². The monoisotopic (exact) mass is 348 g/mol. The van der Waals surface area contributed by atoms with E-state index in [2.05, 4.69) is 29.0 Å². The fraction of sp³-hybridized carbons (Fsp3) is 0.667. The minimum atomic E-state index is -0.658. The zero-order valence-corrected chi connectivity index (χ0v) is 14.6. The normalized spacial score (nSPS) is 11.3. The Morgan fingerprint density at radius 1 is 1.26 bits per heavy atom. The molecule has 5 nitrogen and oxygen atoms in total. The Kier molecular flexibility index (Phi) is 6.22. The molecular weight excluding hydrogens is 328 g/mol. The van der Waals surface area contributed by atoms with Gasteiger partial charge < -0.3 is 4.74 Å². The van der Waals surface area contributed by atoms with Gasteiger partial charge >= 0.3 is 5.69 Å². The molecule has 0 aliphatic rings. The minimum absolute atomic E-state index is 0.0346. The Morgan fingerprint density at radius 2 is 1.89 bits per heavy atom. The first-order chi connectivity index (χ1) is 8.90. The van der Waals surface area contributed by atoms with E-state index < -0.39 is 8.80 Å². The highest BCUT2D eigenvalue weighted by atomic mass is 79.9. The minimum Gasteiger partial charge on any atom is -0.361 e. The van der Waals surface area contributed by atoms with Crippen LogP contribution in [-0.4, -0.2) is 24.5 Å². The molecular formula is C12H21BrN2O3Si. The van der Waals surface area contributed by atoms with E-state index in [1.165, 1.54) is 4.57 Å². The molecule has 108 valence electrons. The van der Waals surface area contributed by atoms with Gasteiger partial charge in [0.2, 0.25) is 0 Å². The number of aromatic nitrogens is 2. The lowest BCUT2D eigenvalue weighted by atomic mass is 10.4. The molecule has 1 heterocycles. The lowest BCUT2D eigenvalue weighted by Crippen LogP contribution is -2.42. The smallest absolute Gasteiger partial charge is 0.333 e. The number of nitrogens with zero attached hydrogens (tertiary/aromatic N) is 2. The van der Waals surface area contributed by atoms with E-state index in [4.69, 9.17) is 4.74 Å². The molecule has 1 aromatic heterocycles. The Balaban J connectivity index is 2.98. The fourth-order valence-corrected chi connectivity index (χ4v) is 2.88. The molecule has 0 saturated heterocycles. The van der Waals surface area contributed by atoms with Crippen molar-refractivity contribution in [1.82, 2.24) is 9.13 Å². The van der Waals surface area contributed by atoms with E-state index in [1.54, 1.807) is 6.92 Å². The summed E-state index contributed by atoms with van der Waals surface area (Å²) in [5.41, 5.74) is -0.0848. The second-order valence-corrected chi connectivity index (χ2v) is 9.01. The van der Waals surface area contributed by atoms with Crippen LogP contribution in [0.25, 0.3) is 0 Å². The van der Waals surface area contributed by atoms with E-state index in [-0.39, 0.29) is 18.0 Å². The van der Waals surface area contributed by atoms with Crippen molar-refractivity contribution < 1.29 is 4.74 Å². The summed E-state index contributed by atoms with van der Waals surface area (Å²) in [7, 11) is -0.658. The van der Waals surface area contributed by atoms with Crippen molar-refractivity contribution in [3.63, 3.8) is 0 Å². The molecule has 0 aromatic carbocycles. The summed E-state index contributed by atoms with van der Waals surface area (Å²) in [5, 5.41) is 0. The molecule has 0 unspecified atom stereocenters. The summed E-state index contributed by atoms with van der Waals surface area (Å²) in [5.74, 6) is 0. The molecule has 0 atom stereocenters. The fourth-order valence-electron chi connectivity index (χ4n) is 1.67. The quantitative estimate of drug-likeness (QED) is 0.445. The van der Waals surface area contributed by atoms with Crippen LogP contribution in [0, 0.1) is 6.92 Å². The maximum absolute atomic E-state index is 12.1. The lowest BCUT2D eigenvalue weighted by molar-refractivity contribution is 0.0804. The number of hydrogen-bond donors (Lipinski definition) is 0. The molecule has 0 fully saturated rings. The third kappa shape index (κ3) is 3.90. The molecule has 0 saturated carbocycles. The van der Waals surface area contributed by atoms with Crippen molar-refractivity contribution in [1.29, 1.82) is 0 Å². The topological polar surface area (TPSA) is 53.2 Å². The Bertz CT molecular complexity index is 551. The van der Waals surface area contributed by atoms with Crippen molar-refractivity contribution in [3.8, 4) is 0 Å². The van der Waals surface area contributed by atoms with Gasteiger partial charge in [-0.1, -0.05) is 13.1 Å².